The predicted octanol–water partition coefficient (Wildman–Crippen LogP) is 4.51. The Kier molecular flexibility index (Phi) is 7.54. The molecule has 0 radical (unpaired) electrons. The monoisotopic (exact) mass is 568 g/mol. The number of hydrogen-bond acceptors (Lipinski definition) is 8. The molecule has 2 unspecified atom stereocenters. The Bertz CT molecular complexity index is 1490. The van der Waals surface area contributed by atoms with Crippen molar-refractivity contribution >= 4 is 40.1 Å². The summed E-state index contributed by atoms with van der Waals surface area (Å²) >= 11 is 6.62. The Labute approximate surface area is 236 Å². The molecule has 40 heavy (non-hydrogen) atoms. The summed E-state index contributed by atoms with van der Waals surface area (Å²) in [7, 11) is 0. The molecular formula is C28H31ClF2N8O. The third kappa shape index (κ3) is 5.60. The quantitative estimate of drug-likeness (QED) is 0.352. The van der Waals surface area contributed by atoms with Gasteiger partial charge >= 0.3 is 0 Å². The number of benzene rings is 1. The third-order valence-electron chi connectivity index (χ3n) is 7.25. The van der Waals surface area contributed by atoms with Gasteiger partial charge in [0.1, 0.15) is 23.1 Å². The minimum Gasteiger partial charge on any atom is -0.379 e. The summed E-state index contributed by atoms with van der Waals surface area (Å²) in [6, 6.07) is 6.95. The minimum absolute atomic E-state index is 0.0525. The fourth-order valence-corrected chi connectivity index (χ4v) is 5.70. The average molecular weight is 569 g/mol. The van der Waals surface area contributed by atoms with E-state index in [1.165, 1.54) is 12.1 Å². The molecule has 0 spiro atoms. The van der Waals surface area contributed by atoms with E-state index in [0.29, 0.717) is 66.4 Å². The van der Waals surface area contributed by atoms with Crippen molar-refractivity contribution in [3.8, 4) is 5.69 Å². The molecule has 3 aromatic heterocycles. The lowest BCUT2D eigenvalue weighted by Gasteiger charge is -2.37. The molecule has 2 aliphatic heterocycles. The molecule has 210 valence electrons. The second-order valence-electron chi connectivity index (χ2n) is 10.5. The Morgan fingerprint density at radius 2 is 1.77 bits per heavy atom. The van der Waals surface area contributed by atoms with Crippen LogP contribution >= 0.6 is 11.6 Å². The van der Waals surface area contributed by atoms with E-state index >= 15 is 8.78 Å². The van der Waals surface area contributed by atoms with Crippen LogP contribution in [-0.4, -0.2) is 75.9 Å². The van der Waals surface area contributed by atoms with E-state index in [1.807, 2.05) is 4.90 Å². The van der Waals surface area contributed by atoms with Gasteiger partial charge in [-0.25, -0.2) is 18.7 Å². The first-order valence-electron chi connectivity index (χ1n) is 13.4. The highest BCUT2D eigenvalue weighted by atomic mass is 35.5. The molecule has 4 aromatic rings. The number of piperazine rings is 1. The molecule has 12 heteroatoms. The summed E-state index contributed by atoms with van der Waals surface area (Å²) in [4.78, 5) is 17.8. The van der Waals surface area contributed by atoms with E-state index < -0.39 is 11.6 Å². The fraction of sp³-hybridized carbons (Fsp3) is 0.393. The smallest absolute Gasteiger partial charge is 0.229 e. The first-order valence-corrected chi connectivity index (χ1v) is 13.8. The van der Waals surface area contributed by atoms with E-state index in [0.717, 1.165) is 24.3 Å². The van der Waals surface area contributed by atoms with E-state index in [4.69, 9.17) is 16.3 Å². The number of nitrogens with one attached hydrogen (secondary N) is 2. The van der Waals surface area contributed by atoms with Gasteiger partial charge in [0.05, 0.1) is 35.8 Å². The van der Waals surface area contributed by atoms with Gasteiger partial charge in [-0.15, -0.1) is 0 Å². The number of aromatic nitrogens is 4. The van der Waals surface area contributed by atoms with Gasteiger partial charge in [0.15, 0.2) is 0 Å². The highest BCUT2D eigenvalue weighted by Crippen LogP contribution is 2.29. The van der Waals surface area contributed by atoms with Gasteiger partial charge in [0.25, 0.3) is 0 Å². The van der Waals surface area contributed by atoms with Gasteiger partial charge in [-0.3, -0.25) is 4.90 Å². The summed E-state index contributed by atoms with van der Waals surface area (Å²) in [6.45, 7) is 8.52. The second kappa shape index (κ2) is 11.2. The van der Waals surface area contributed by atoms with Crippen LogP contribution < -0.4 is 15.5 Å². The van der Waals surface area contributed by atoms with Crippen molar-refractivity contribution in [2.45, 2.75) is 32.5 Å². The number of pyridine rings is 1. The molecule has 0 aliphatic carbocycles. The topological polar surface area (TPSA) is 83.4 Å². The molecule has 2 aliphatic rings. The lowest BCUT2D eigenvalue weighted by atomic mass is 10.1. The molecule has 2 atom stereocenters. The number of morpholine rings is 1. The van der Waals surface area contributed by atoms with Crippen LogP contribution in [0.15, 0.2) is 42.9 Å². The van der Waals surface area contributed by atoms with Crippen molar-refractivity contribution in [1.29, 1.82) is 0 Å². The fourth-order valence-electron chi connectivity index (χ4n) is 5.41. The normalized spacial score (nSPS) is 20.3. The Balaban J connectivity index is 1.23. The van der Waals surface area contributed by atoms with E-state index in [-0.39, 0.29) is 12.1 Å². The molecular weight excluding hydrogens is 538 g/mol. The number of ether oxygens (including phenoxy) is 1. The second-order valence-corrected chi connectivity index (χ2v) is 10.9. The third-order valence-corrected chi connectivity index (χ3v) is 7.53. The first kappa shape index (κ1) is 26.8. The van der Waals surface area contributed by atoms with Gasteiger partial charge in [-0.05, 0) is 38.1 Å². The molecule has 9 nitrogen and oxygen atoms in total. The van der Waals surface area contributed by atoms with Crippen LogP contribution in [0.3, 0.4) is 0 Å². The molecule has 0 saturated carbocycles. The lowest BCUT2D eigenvalue weighted by Crippen LogP contribution is -2.54. The standard InChI is InChI=1S/C28H31ClF2N8O/c1-17-14-38(15-18(2)34-17)27-23(29)9-20(13-32-27)35-28-33-12-19-3-4-39(26(19)36-28)21-10-24(30)22(25(31)11-21)16-37-5-7-40-8-6-37/h3-4,9-13,17-18,34H,5-8,14-16H2,1-2H3,(H,33,35,36). The van der Waals surface area contributed by atoms with Gasteiger partial charge in [-0.2, -0.15) is 4.98 Å². The van der Waals surface area contributed by atoms with Crippen LogP contribution in [0, 0.1) is 11.6 Å². The van der Waals surface area contributed by atoms with Crippen LogP contribution in [0.2, 0.25) is 5.02 Å². The van der Waals surface area contributed by atoms with Crippen molar-refractivity contribution < 1.29 is 13.5 Å². The molecule has 6 rings (SSSR count). The lowest BCUT2D eigenvalue weighted by molar-refractivity contribution is 0.0332. The number of nitrogens with zero attached hydrogens (tertiary/aromatic N) is 6. The van der Waals surface area contributed by atoms with Crippen molar-refractivity contribution in [3.63, 3.8) is 0 Å². The number of hydrogen-bond donors (Lipinski definition) is 2. The van der Waals surface area contributed by atoms with Crippen molar-refractivity contribution in [2.75, 3.05) is 49.6 Å². The van der Waals surface area contributed by atoms with Crippen LogP contribution in [0.4, 0.5) is 26.2 Å². The van der Waals surface area contributed by atoms with Crippen molar-refractivity contribution in [3.05, 3.63) is 65.1 Å². The van der Waals surface area contributed by atoms with Crippen LogP contribution in [-0.2, 0) is 11.3 Å². The molecule has 1 aromatic carbocycles. The van der Waals surface area contributed by atoms with Crippen LogP contribution in [0.5, 0.6) is 0 Å². The first-order chi connectivity index (χ1) is 19.3. The zero-order valence-corrected chi connectivity index (χ0v) is 23.1. The van der Waals surface area contributed by atoms with Gasteiger partial charge in [-0.1, -0.05) is 11.6 Å². The highest BCUT2D eigenvalue weighted by molar-refractivity contribution is 6.33. The van der Waals surface area contributed by atoms with E-state index in [9.17, 15) is 0 Å². The predicted molar refractivity (Wildman–Crippen MR) is 152 cm³/mol. The SMILES string of the molecule is CC1CN(c2ncc(Nc3ncc4ccn(-c5cc(F)c(CN6CCOCC6)c(F)c5)c4n3)cc2Cl)CC(C)N1. The zero-order chi connectivity index (χ0) is 27.8. The maximum atomic E-state index is 15.1. The number of fused-ring (bicyclic) bond motifs is 1. The molecule has 2 N–H and O–H groups in total. The van der Waals surface area contributed by atoms with Crippen molar-refractivity contribution in [2.24, 2.45) is 0 Å². The molecule has 0 bridgehead atoms. The maximum Gasteiger partial charge on any atom is 0.229 e. The number of anilines is 3. The summed E-state index contributed by atoms with van der Waals surface area (Å²) in [6.07, 6.45) is 5.08. The largest absolute Gasteiger partial charge is 0.379 e. The average Bonchev–Trinajstić information content (AvgIpc) is 3.34. The van der Waals surface area contributed by atoms with E-state index in [2.05, 4.69) is 44.3 Å². The van der Waals surface area contributed by atoms with Gasteiger partial charge in [0.2, 0.25) is 5.95 Å². The molecule has 0 amide bonds. The Hall–Kier alpha value is -3.38. The van der Waals surface area contributed by atoms with E-state index in [1.54, 1.807) is 35.3 Å². The molecule has 2 saturated heterocycles. The maximum absolute atomic E-state index is 15.1. The van der Waals surface area contributed by atoms with Crippen LogP contribution in [0.1, 0.15) is 19.4 Å². The zero-order valence-electron chi connectivity index (χ0n) is 22.4. The van der Waals surface area contributed by atoms with Gasteiger partial charge < -0.3 is 24.8 Å². The summed E-state index contributed by atoms with van der Waals surface area (Å²) in [5.41, 5.74) is 1.54. The summed E-state index contributed by atoms with van der Waals surface area (Å²) < 4.78 is 37.2. The summed E-state index contributed by atoms with van der Waals surface area (Å²) in [5.74, 6) is -0.138. The highest BCUT2D eigenvalue weighted by Gasteiger charge is 2.24. The number of rotatable bonds is 6. The summed E-state index contributed by atoms with van der Waals surface area (Å²) in [5, 5.41) is 7.92. The van der Waals surface area contributed by atoms with Gasteiger partial charge in [0, 0.05) is 68.2 Å². The Morgan fingerprint density at radius 1 is 1.05 bits per heavy atom. The molecule has 5 heterocycles. The van der Waals surface area contributed by atoms with Crippen molar-refractivity contribution in [1.82, 2.24) is 29.7 Å². The number of halogens is 3. The van der Waals surface area contributed by atoms with Crippen LogP contribution in [0.25, 0.3) is 16.7 Å². The minimum atomic E-state index is -0.593. The Morgan fingerprint density at radius 3 is 2.48 bits per heavy atom. The molecule has 2 fully saturated rings.